The van der Waals surface area contributed by atoms with Crippen LogP contribution in [0.1, 0.15) is 33.6 Å². The molecule has 0 aliphatic heterocycles. The minimum atomic E-state index is -1.54. The van der Waals surface area contributed by atoms with Gasteiger partial charge in [0, 0.05) is 13.2 Å². The zero-order valence-electron chi connectivity index (χ0n) is 13.6. The molecule has 0 bridgehead atoms. The van der Waals surface area contributed by atoms with Crippen LogP contribution < -0.4 is 5.32 Å². The molecular formula is C14H34N2OSi. The first-order chi connectivity index (χ1) is 8.17. The molecule has 0 unspecified atom stereocenters. The fourth-order valence-electron chi connectivity index (χ4n) is 1.40. The Morgan fingerprint density at radius 3 is 2.17 bits per heavy atom. The zero-order valence-corrected chi connectivity index (χ0v) is 14.6. The van der Waals surface area contributed by atoms with Crippen molar-refractivity contribution in [2.45, 2.75) is 51.7 Å². The molecule has 3 nitrogen and oxygen atoms in total. The Morgan fingerprint density at radius 1 is 1.06 bits per heavy atom. The standard InChI is InChI=1S/C14H34N2OSi/c1-14(2,3)18(6,7)17-13-11-15-10-8-9-12-16(4)5/h15H,8-13H2,1-7H3. The first-order valence-corrected chi connectivity index (χ1v) is 10.1. The Labute approximate surface area is 115 Å². The SMILES string of the molecule is CN(C)CCCCNCCO[Si](C)(C)C(C)(C)C. The summed E-state index contributed by atoms with van der Waals surface area (Å²) in [7, 11) is 2.71. The van der Waals surface area contributed by atoms with Crippen LogP contribution in [0.4, 0.5) is 0 Å². The summed E-state index contributed by atoms with van der Waals surface area (Å²) >= 11 is 0. The van der Waals surface area contributed by atoms with Crippen LogP contribution in [0.25, 0.3) is 0 Å². The number of nitrogens with zero attached hydrogens (tertiary/aromatic N) is 1. The van der Waals surface area contributed by atoms with E-state index in [1.165, 1.54) is 19.4 Å². The van der Waals surface area contributed by atoms with Crippen molar-refractivity contribution in [3.05, 3.63) is 0 Å². The van der Waals surface area contributed by atoms with Gasteiger partial charge in [0.25, 0.3) is 0 Å². The predicted molar refractivity (Wildman–Crippen MR) is 83.8 cm³/mol. The zero-order chi connectivity index (χ0) is 14.2. The molecule has 18 heavy (non-hydrogen) atoms. The monoisotopic (exact) mass is 274 g/mol. The van der Waals surface area contributed by atoms with Crippen molar-refractivity contribution in [2.75, 3.05) is 40.3 Å². The molecule has 0 aliphatic rings. The van der Waals surface area contributed by atoms with Gasteiger partial charge in [-0.1, -0.05) is 20.8 Å². The Balaban J connectivity index is 3.46. The highest BCUT2D eigenvalue weighted by Gasteiger charge is 2.36. The van der Waals surface area contributed by atoms with Crippen LogP contribution >= 0.6 is 0 Å². The van der Waals surface area contributed by atoms with E-state index in [1.807, 2.05) is 0 Å². The first kappa shape index (κ1) is 18.1. The lowest BCUT2D eigenvalue weighted by molar-refractivity contribution is 0.285. The molecule has 0 rings (SSSR count). The van der Waals surface area contributed by atoms with Crippen molar-refractivity contribution in [3.63, 3.8) is 0 Å². The van der Waals surface area contributed by atoms with Crippen molar-refractivity contribution in [1.82, 2.24) is 10.2 Å². The maximum Gasteiger partial charge on any atom is 0.192 e. The molecule has 0 fully saturated rings. The molecule has 0 saturated carbocycles. The number of hydrogen-bond acceptors (Lipinski definition) is 3. The highest BCUT2D eigenvalue weighted by Crippen LogP contribution is 2.36. The first-order valence-electron chi connectivity index (χ1n) is 7.16. The molecule has 0 aromatic carbocycles. The smallest absolute Gasteiger partial charge is 0.192 e. The summed E-state index contributed by atoms with van der Waals surface area (Å²) in [5, 5.41) is 3.78. The van der Waals surface area contributed by atoms with E-state index in [1.54, 1.807) is 0 Å². The van der Waals surface area contributed by atoms with Crippen LogP contribution in [0.15, 0.2) is 0 Å². The molecule has 0 heterocycles. The highest BCUT2D eigenvalue weighted by molar-refractivity contribution is 6.74. The average molecular weight is 275 g/mol. The molecule has 0 amide bonds. The quantitative estimate of drug-likeness (QED) is 0.517. The molecular weight excluding hydrogens is 240 g/mol. The van der Waals surface area contributed by atoms with Crippen molar-refractivity contribution >= 4 is 8.32 Å². The van der Waals surface area contributed by atoms with Gasteiger partial charge >= 0.3 is 0 Å². The van der Waals surface area contributed by atoms with Crippen LogP contribution in [-0.4, -0.2) is 53.6 Å². The summed E-state index contributed by atoms with van der Waals surface area (Å²) in [4.78, 5) is 2.24. The topological polar surface area (TPSA) is 24.5 Å². The summed E-state index contributed by atoms with van der Waals surface area (Å²) < 4.78 is 6.11. The van der Waals surface area contributed by atoms with Crippen molar-refractivity contribution in [2.24, 2.45) is 0 Å². The predicted octanol–water partition coefficient (Wildman–Crippen LogP) is 2.94. The number of hydrogen-bond donors (Lipinski definition) is 1. The summed E-state index contributed by atoms with van der Waals surface area (Å²) in [6, 6.07) is 0. The lowest BCUT2D eigenvalue weighted by Crippen LogP contribution is -2.42. The van der Waals surface area contributed by atoms with E-state index >= 15 is 0 Å². The van der Waals surface area contributed by atoms with E-state index in [0.29, 0.717) is 5.04 Å². The van der Waals surface area contributed by atoms with E-state index < -0.39 is 8.32 Å². The average Bonchev–Trinajstić information content (AvgIpc) is 2.19. The van der Waals surface area contributed by atoms with E-state index in [2.05, 4.69) is 58.2 Å². The third-order valence-corrected chi connectivity index (χ3v) is 8.29. The van der Waals surface area contributed by atoms with Gasteiger partial charge in [-0.3, -0.25) is 0 Å². The van der Waals surface area contributed by atoms with Gasteiger partial charge in [-0.15, -0.1) is 0 Å². The maximum absolute atomic E-state index is 6.11. The van der Waals surface area contributed by atoms with Gasteiger partial charge in [-0.25, -0.2) is 0 Å². The van der Waals surface area contributed by atoms with Gasteiger partial charge in [0.05, 0.1) is 0 Å². The number of nitrogens with one attached hydrogen (secondary N) is 1. The van der Waals surface area contributed by atoms with Gasteiger partial charge in [0.2, 0.25) is 0 Å². The van der Waals surface area contributed by atoms with Crippen molar-refractivity contribution in [1.29, 1.82) is 0 Å². The summed E-state index contributed by atoms with van der Waals surface area (Å²) in [6.45, 7) is 15.6. The second kappa shape index (κ2) is 8.30. The van der Waals surface area contributed by atoms with E-state index in [0.717, 1.165) is 19.7 Å². The van der Waals surface area contributed by atoms with Crippen LogP contribution in [-0.2, 0) is 4.43 Å². The highest BCUT2D eigenvalue weighted by atomic mass is 28.4. The molecule has 0 atom stereocenters. The summed E-state index contributed by atoms with van der Waals surface area (Å²) in [5.74, 6) is 0. The fraction of sp³-hybridized carbons (Fsp3) is 1.00. The third-order valence-electron chi connectivity index (χ3n) is 3.76. The van der Waals surface area contributed by atoms with Crippen molar-refractivity contribution in [3.8, 4) is 0 Å². The van der Waals surface area contributed by atoms with Crippen molar-refractivity contribution < 1.29 is 4.43 Å². The largest absolute Gasteiger partial charge is 0.416 e. The second-order valence-corrected chi connectivity index (χ2v) is 11.7. The Morgan fingerprint density at radius 2 is 1.67 bits per heavy atom. The van der Waals surface area contributed by atoms with Gasteiger partial charge in [0.1, 0.15) is 0 Å². The summed E-state index contributed by atoms with van der Waals surface area (Å²) in [6.07, 6.45) is 2.52. The molecule has 0 saturated heterocycles. The molecule has 0 aliphatic carbocycles. The fourth-order valence-corrected chi connectivity index (χ4v) is 2.44. The van der Waals surface area contributed by atoms with Crippen LogP contribution in [0.2, 0.25) is 18.1 Å². The van der Waals surface area contributed by atoms with Crippen LogP contribution in [0.3, 0.4) is 0 Å². The minimum Gasteiger partial charge on any atom is -0.416 e. The molecule has 4 heteroatoms. The number of rotatable bonds is 9. The normalized spacial score (nSPS) is 13.3. The van der Waals surface area contributed by atoms with Gasteiger partial charge in [-0.05, 0) is 58.2 Å². The maximum atomic E-state index is 6.11. The Hall–Kier alpha value is 0.0969. The third kappa shape index (κ3) is 8.24. The van der Waals surface area contributed by atoms with Gasteiger partial charge in [0.15, 0.2) is 8.32 Å². The van der Waals surface area contributed by atoms with Gasteiger partial charge in [-0.2, -0.15) is 0 Å². The Bertz CT molecular complexity index is 212. The van der Waals surface area contributed by atoms with Crippen LogP contribution in [0, 0.1) is 0 Å². The summed E-state index contributed by atoms with van der Waals surface area (Å²) in [5.41, 5.74) is 0. The minimum absolute atomic E-state index is 0.318. The second-order valence-electron chi connectivity index (χ2n) is 6.87. The molecule has 1 N–H and O–H groups in total. The Kier molecular flexibility index (Phi) is 8.35. The van der Waals surface area contributed by atoms with E-state index in [4.69, 9.17) is 4.43 Å². The number of unbranched alkanes of at least 4 members (excludes halogenated alkanes) is 1. The lowest BCUT2D eigenvalue weighted by Gasteiger charge is -2.36. The lowest BCUT2D eigenvalue weighted by atomic mass is 10.2. The molecule has 0 radical (unpaired) electrons. The van der Waals surface area contributed by atoms with E-state index in [9.17, 15) is 0 Å². The molecule has 110 valence electrons. The van der Waals surface area contributed by atoms with Crippen LogP contribution in [0.5, 0.6) is 0 Å². The van der Waals surface area contributed by atoms with E-state index in [-0.39, 0.29) is 0 Å². The van der Waals surface area contributed by atoms with Gasteiger partial charge < -0.3 is 14.6 Å². The molecule has 0 aromatic heterocycles. The molecule has 0 aromatic rings. The molecule has 0 spiro atoms.